The Kier molecular flexibility index (Phi) is 5.41. The molecule has 0 fully saturated rings. The van der Waals surface area contributed by atoms with Crippen molar-refractivity contribution < 1.29 is 18.7 Å². The van der Waals surface area contributed by atoms with Crippen LogP contribution < -0.4 is 5.32 Å². The van der Waals surface area contributed by atoms with E-state index in [1.165, 1.54) is 7.11 Å². The van der Waals surface area contributed by atoms with Gasteiger partial charge in [-0.25, -0.2) is 9.48 Å². The highest BCUT2D eigenvalue weighted by atomic mass is 16.5. The molecule has 1 amide bonds. The monoisotopic (exact) mass is 415 g/mol. The quantitative estimate of drug-likeness (QED) is 0.474. The Morgan fingerprint density at radius 2 is 1.81 bits per heavy atom. The first kappa shape index (κ1) is 20.2. The van der Waals surface area contributed by atoms with Crippen LogP contribution in [0, 0.1) is 13.8 Å². The van der Waals surface area contributed by atoms with E-state index in [1.54, 1.807) is 35.1 Å². The molecular weight excluding hydrogens is 394 g/mol. The molecule has 156 valence electrons. The lowest BCUT2D eigenvalue weighted by Gasteiger charge is -2.09. The van der Waals surface area contributed by atoms with E-state index in [-0.39, 0.29) is 5.91 Å². The summed E-state index contributed by atoms with van der Waals surface area (Å²) in [6, 6.07) is 18.1. The molecule has 2 aromatic heterocycles. The Morgan fingerprint density at radius 3 is 2.45 bits per heavy atom. The van der Waals surface area contributed by atoms with Crippen LogP contribution in [-0.2, 0) is 4.74 Å². The summed E-state index contributed by atoms with van der Waals surface area (Å²) >= 11 is 0. The molecule has 0 saturated heterocycles. The van der Waals surface area contributed by atoms with E-state index >= 15 is 0 Å². The third-order valence-corrected chi connectivity index (χ3v) is 4.85. The van der Waals surface area contributed by atoms with Gasteiger partial charge in [-0.3, -0.25) is 4.79 Å². The highest BCUT2D eigenvalue weighted by Crippen LogP contribution is 2.27. The summed E-state index contributed by atoms with van der Waals surface area (Å²) in [7, 11) is 1.33. The van der Waals surface area contributed by atoms with E-state index in [0.717, 1.165) is 17.0 Å². The Balaban J connectivity index is 1.70. The average molecular weight is 415 g/mol. The molecule has 31 heavy (non-hydrogen) atoms. The maximum atomic E-state index is 13.2. The summed E-state index contributed by atoms with van der Waals surface area (Å²) < 4.78 is 12.1. The van der Waals surface area contributed by atoms with Crippen LogP contribution in [0.3, 0.4) is 0 Å². The third-order valence-electron chi connectivity index (χ3n) is 4.85. The molecule has 0 saturated carbocycles. The number of carbonyl (C=O) groups is 2. The van der Waals surface area contributed by atoms with Crippen LogP contribution in [0.1, 0.15) is 32.0 Å². The first-order valence-corrected chi connectivity index (χ1v) is 9.68. The first-order valence-electron chi connectivity index (χ1n) is 9.68. The normalized spacial score (nSPS) is 10.7. The topological polar surface area (TPSA) is 86.4 Å². The highest BCUT2D eigenvalue weighted by Gasteiger charge is 2.21. The predicted octanol–water partition coefficient (Wildman–Crippen LogP) is 4.79. The molecule has 0 unspecified atom stereocenters. The van der Waals surface area contributed by atoms with Crippen molar-refractivity contribution in [3.63, 3.8) is 0 Å². The number of nitrogens with zero attached hydrogens (tertiary/aromatic N) is 2. The number of anilines is 1. The maximum Gasteiger partial charge on any atom is 0.337 e. The van der Waals surface area contributed by atoms with Crippen LogP contribution in [0.4, 0.5) is 5.69 Å². The summed E-state index contributed by atoms with van der Waals surface area (Å²) in [6.07, 6.45) is 1.68. The van der Waals surface area contributed by atoms with Crippen LogP contribution in [0.5, 0.6) is 0 Å². The number of amides is 1. The fourth-order valence-corrected chi connectivity index (χ4v) is 3.24. The SMILES string of the molecule is COC(=O)c1ccc(NC(=O)c2cn(-c3ccccc3)nc2-c2ccc(C)o2)c(C)c1. The van der Waals surface area contributed by atoms with Crippen molar-refractivity contribution in [2.24, 2.45) is 0 Å². The van der Waals surface area contributed by atoms with E-state index in [0.29, 0.717) is 28.3 Å². The Morgan fingerprint density at radius 1 is 1.03 bits per heavy atom. The minimum atomic E-state index is -0.430. The lowest BCUT2D eigenvalue weighted by Crippen LogP contribution is -2.13. The number of furan rings is 1. The molecule has 2 heterocycles. The summed E-state index contributed by atoms with van der Waals surface area (Å²) in [4.78, 5) is 24.9. The molecule has 7 heteroatoms. The molecule has 4 rings (SSSR count). The number of para-hydroxylation sites is 1. The van der Waals surface area contributed by atoms with Crippen molar-refractivity contribution in [1.82, 2.24) is 9.78 Å². The summed E-state index contributed by atoms with van der Waals surface area (Å²) in [6.45, 7) is 3.65. The van der Waals surface area contributed by atoms with Gasteiger partial charge in [-0.2, -0.15) is 5.10 Å². The van der Waals surface area contributed by atoms with Crippen LogP contribution >= 0.6 is 0 Å². The molecule has 0 aliphatic carbocycles. The van der Waals surface area contributed by atoms with Crippen LogP contribution in [0.2, 0.25) is 0 Å². The molecule has 1 N–H and O–H groups in total. The summed E-state index contributed by atoms with van der Waals surface area (Å²) in [5.74, 6) is 0.473. The Hall–Kier alpha value is -4.13. The average Bonchev–Trinajstić information content (AvgIpc) is 3.41. The van der Waals surface area contributed by atoms with Crippen LogP contribution in [0.15, 0.2) is 71.3 Å². The van der Waals surface area contributed by atoms with E-state index in [4.69, 9.17) is 9.15 Å². The van der Waals surface area contributed by atoms with Crippen molar-refractivity contribution in [3.8, 4) is 17.1 Å². The zero-order valence-electron chi connectivity index (χ0n) is 17.4. The summed E-state index contributed by atoms with van der Waals surface area (Å²) in [5.41, 5.74) is 3.38. The van der Waals surface area contributed by atoms with Gasteiger partial charge in [0.1, 0.15) is 11.5 Å². The van der Waals surface area contributed by atoms with Crippen LogP contribution in [-0.4, -0.2) is 28.8 Å². The van der Waals surface area contributed by atoms with Gasteiger partial charge in [0.2, 0.25) is 0 Å². The molecule has 4 aromatic rings. The van der Waals surface area contributed by atoms with Gasteiger partial charge in [-0.15, -0.1) is 0 Å². The lowest BCUT2D eigenvalue weighted by atomic mass is 10.1. The first-order chi connectivity index (χ1) is 15.0. The number of ether oxygens (including phenoxy) is 1. The zero-order valence-corrected chi connectivity index (χ0v) is 17.4. The minimum Gasteiger partial charge on any atom is -0.465 e. The van der Waals surface area contributed by atoms with Gasteiger partial charge in [0.25, 0.3) is 5.91 Å². The smallest absolute Gasteiger partial charge is 0.337 e. The maximum absolute atomic E-state index is 13.2. The Labute approximate surface area is 179 Å². The summed E-state index contributed by atoms with van der Waals surface area (Å²) in [5, 5.41) is 7.50. The second-order valence-electron chi connectivity index (χ2n) is 7.06. The molecule has 0 spiro atoms. The van der Waals surface area contributed by atoms with Gasteiger partial charge in [0.05, 0.1) is 23.9 Å². The number of hydrogen-bond acceptors (Lipinski definition) is 5. The van der Waals surface area contributed by atoms with Crippen molar-refractivity contribution in [2.75, 3.05) is 12.4 Å². The molecule has 0 bridgehead atoms. The highest BCUT2D eigenvalue weighted by molar-refractivity contribution is 6.08. The molecule has 0 radical (unpaired) electrons. The number of aromatic nitrogens is 2. The lowest BCUT2D eigenvalue weighted by molar-refractivity contribution is 0.0600. The molecule has 0 atom stereocenters. The number of carbonyl (C=O) groups excluding carboxylic acids is 2. The molecule has 0 aliphatic heterocycles. The van der Waals surface area contributed by atoms with E-state index in [1.807, 2.05) is 50.2 Å². The van der Waals surface area contributed by atoms with Gasteiger partial charge >= 0.3 is 5.97 Å². The molecular formula is C24H21N3O4. The van der Waals surface area contributed by atoms with Gasteiger partial charge in [-0.05, 0) is 61.9 Å². The number of rotatable bonds is 5. The van der Waals surface area contributed by atoms with E-state index < -0.39 is 5.97 Å². The Bertz CT molecular complexity index is 1260. The number of methoxy groups -OCH3 is 1. The second kappa shape index (κ2) is 8.31. The number of benzene rings is 2. The molecule has 7 nitrogen and oxygen atoms in total. The van der Waals surface area contributed by atoms with E-state index in [2.05, 4.69) is 10.4 Å². The molecule has 0 aliphatic rings. The number of aryl methyl sites for hydroxylation is 2. The zero-order chi connectivity index (χ0) is 22.0. The number of hydrogen-bond donors (Lipinski definition) is 1. The van der Waals surface area contributed by atoms with Gasteiger partial charge in [0, 0.05) is 11.9 Å². The van der Waals surface area contributed by atoms with E-state index in [9.17, 15) is 9.59 Å². The fraction of sp³-hybridized carbons (Fsp3) is 0.125. The number of nitrogens with one attached hydrogen (secondary N) is 1. The molecule has 2 aromatic carbocycles. The standard InChI is InChI=1S/C24H21N3O4/c1-15-13-17(24(29)30-3)10-11-20(15)25-23(28)19-14-27(18-7-5-4-6-8-18)26-22(19)21-12-9-16(2)31-21/h4-14H,1-3H3,(H,25,28). The van der Waals surface area contributed by atoms with Crippen molar-refractivity contribution in [2.45, 2.75) is 13.8 Å². The van der Waals surface area contributed by atoms with Gasteiger partial charge in [0.15, 0.2) is 5.76 Å². The third kappa shape index (κ3) is 4.11. The number of esters is 1. The van der Waals surface area contributed by atoms with Gasteiger partial charge in [-0.1, -0.05) is 18.2 Å². The van der Waals surface area contributed by atoms with Crippen molar-refractivity contribution in [1.29, 1.82) is 0 Å². The van der Waals surface area contributed by atoms with Crippen molar-refractivity contribution in [3.05, 3.63) is 89.3 Å². The fourth-order valence-electron chi connectivity index (χ4n) is 3.24. The minimum absolute atomic E-state index is 0.333. The predicted molar refractivity (Wildman–Crippen MR) is 116 cm³/mol. The van der Waals surface area contributed by atoms with Crippen LogP contribution in [0.25, 0.3) is 17.1 Å². The second-order valence-corrected chi connectivity index (χ2v) is 7.06. The largest absolute Gasteiger partial charge is 0.465 e. The van der Waals surface area contributed by atoms with Gasteiger partial charge < -0.3 is 14.5 Å². The van der Waals surface area contributed by atoms with Crippen molar-refractivity contribution >= 4 is 17.6 Å².